The Labute approximate surface area is 110 Å². The van der Waals surface area contributed by atoms with Crippen molar-refractivity contribution < 1.29 is 13.5 Å². The molecule has 0 aromatic carbocycles. The van der Waals surface area contributed by atoms with Crippen LogP contribution in [0.15, 0.2) is 0 Å². The van der Waals surface area contributed by atoms with Crippen LogP contribution in [0, 0.1) is 0 Å². The predicted molar refractivity (Wildman–Crippen MR) is 71.7 cm³/mol. The second-order valence-electron chi connectivity index (χ2n) is 5.19. The Morgan fingerprint density at radius 1 is 1.50 bits per heavy atom. The zero-order valence-corrected chi connectivity index (χ0v) is 12.2. The minimum absolute atomic E-state index is 0.125. The minimum atomic E-state index is -3.41. The predicted octanol–water partition coefficient (Wildman–Crippen LogP) is -0.950. The molecule has 1 heterocycles. The molecule has 0 saturated carbocycles. The Morgan fingerprint density at radius 3 is 2.56 bits per heavy atom. The SMILES string of the molecule is CCC(CN)S(=O)(=O)N1CC(O)CC1CN(C)C. The van der Waals surface area contributed by atoms with Crippen molar-refractivity contribution in [2.45, 2.75) is 37.2 Å². The molecule has 1 fully saturated rings. The molecule has 7 heteroatoms. The van der Waals surface area contributed by atoms with Crippen molar-refractivity contribution in [1.29, 1.82) is 0 Å². The lowest BCUT2D eigenvalue weighted by Gasteiger charge is -2.29. The molecule has 0 aromatic heterocycles. The van der Waals surface area contributed by atoms with E-state index in [9.17, 15) is 13.5 Å². The molecular weight excluding hydrogens is 254 g/mol. The van der Waals surface area contributed by atoms with Crippen LogP contribution in [0.25, 0.3) is 0 Å². The van der Waals surface area contributed by atoms with Crippen LogP contribution in [-0.4, -0.2) is 73.9 Å². The number of likely N-dealkylation sites (N-methyl/N-ethyl adjacent to an activating group) is 1. The number of nitrogens with two attached hydrogens (primary N) is 1. The molecule has 6 nitrogen and oxygen atoms in total. The van der Waals surface area contributed by atoms with Gasteiger partial charge in [-0.05, 0) is 26.9 Å². The van der Waals surface area contributed by atoms with Gasteiger partial charge in [0.05, 0.1) is 11.4 Å². The molecule has 0 aliphatic carbocycles. The standard InChI is InChI=1S/C11H25N3O3S/c1-4-11(6-12)18(16,17)14-8-10(15)5-9(14)7-13(2)3/h9-11,15H,4-8,12H2,1-3H3. The van der Waals surface area contributed by atoms with Crippen molar-refractivity contribution in [2.24, 2.45) is 5.73 Å². The van der Waals surface area contributed by atoms with E-state index in [1.165, 1.54) is 4.31 Å². The summed E-state index contributed by atoms with van der Waals surface area (Å²) in [7, 11) is 0.390. The molecule has 108 valence electrons. The van der Waals surface area contributed by atoms with Gasteiger partial charge in [0.2, 0.25) is 10.0 Å². The number of sulfonamides is 1. The fraction of sp³-hybridized carbons (Fsp3) is 1.00. The summed E-state index contributed by atoms with van der Waals surface area (Å²) < 4.78 is 26.3. The maximum atomic E-state index is 12.4. The number of rotatable bonds is 6. The third-order valence-electron chi connectivity index (χ3n) is 3.38. The van der Waals surface area contributed by atoms with E-state index in [4.69, 9.17) is 5.73 Å². The molecule has 0 bridgehead atoms. The van der Waals surface area contributed by atoms with E-state index in [0.717, 1.165) is 0 Å². The third-order valence-corrected chi connectivity index (χ3v) is 5.85. The van der Waals surface area contributed by atoms with Gasteiger partial charge in [0.15, 0.2) is 0 Å². The number of hydrogen-bond donors (Lipinski definition) is 2. The quantitative estimate of drug-likeness (QED) is 0.655. The van der Waals surface area contributed by atoms with Crippen LogP contribution >= 0.6 is 0 Å². The highest BCUT2D eigenvalue weighted by atomic mass is 32.2. The monoisotopic (exact) mass is 279 g/mol. The Bertz CT molecular complexity index is 355. The highest BCUT2D eigenvalue weighted by Crippen LogP contribution is 2.25. The van der Waals surface area contributed by atoms with Gasteiger partial charge in [0, 0.05) is 25.7 Å². The highest BCUT2D eigenvalue weighted by molar-refractivity contribution is 7.89. The van der Waals surface area contributed by atoms with Crippen molar-refractivity contribution in [3.8, 4) is 0 Å². The van der Waals surface area contributed by atoms with Crippen molar-refractivity contribution in [3.63, 3.8) is 0 Å². The summed E-state index contributed by atoms with van der Waals surface area (Å²) in [6.07, 6.45) is 0.429. The zero-order valence-electron chi connectivity index (χ0n) is 11.4. The molecule has 3 unspecified atom stereocenters. The molecule has 0 amide bonds. The number of hydrogen-bond acceptors (Lipinski definition) is 5. The van der Waals surface area contributed by atoms with Gasteiger partial charge in [-0.3, -0.25) is 0 Å². The first-order valence-electron chi connectivity index (χ1n) is 6.36. The van der Waals surface area contributed by atoms with Crippen LogP contribution in [0.4, 0.5) is 0 Å². The van der Waals surface area contributed by atoms with Crippen LogP contribution in [0.1, 0.15) is 19.8 Å². The largest absolute Gasteiger partial charge is 0.392 e. The van der Waals surface area contributed by atoms with Crippen molar-refractivity contribution in [1.82, 2.24) is 9.21 Å². The van der Waals surface area contributed by atoms with E-state index in [1.807, 2.05) is 25.9 Å². The first-order valence-corrected chi connectivity index (χ1v) is 7.86. The lowest BCUT2D eigenvalue weighted by Crippen LogP contribution is -2.47. The average Bonchev–Trinajstić information content (AvgIpc) is 2.60. The topological polar surface area (TPSA) is 86.9 Å². The van der Waals surface area contributed by atoms with Crippen LogP contribution in [0.5, 0.6) is 0 Å². The van der Waals surface area contributed by atoms with Crippen LogP contribution in [0.2, 0.25) is 0 Å². The Balaban J connectivity index is 2.91. The zero-order chi connectivity index (χ0) is 13.9. The fourth-order valence-corrected chi connectivity index (χ4v) is 4.45. The highest BCUT2D eigenvalue weighted by Gasteiger charge is 2.41. The van der Waals surface area contributed by atoms with E-state index in [0.29, 0.717) is 19.4 Å². The van der Waals surface area contributed by atoms with Crippen LogP contribution < -0.4 is 5.73 Å². The molecule has 1 rings (SSSR count). The lowest BCUT2D eigenvalue weighted by atomic mass is 10.2. The summed E-state index contributed by atoms with van der Waals surface area (Å²) in [6.45, 7) is 2.76. The Hall–Kier alpha value is -0.210. The first-order chi connectivity index (χ1) is 8.32. The van der Waals surface area contributed by atoms with E-state index in [2.05, 4.69) is 0 Å². The molecule has 1 aliphatic heterocycles. The van der Waals surface area contributed by atoms with Gasteiger partial charge in [-0.1, -0.05) is 6.92 Å². The summed E-state index contributed by atoms with van der Waals surface area (Å²) >= 11 is 0. The summed E-state index contributed by atoms with van der Waals surface area (Å²) in [5, 5.41) is 9.17. The molecule has 1 aliphatic rings. The number of nitrogens with zero attached hydrogens (tertiary/aromatic N) is 2. The summed E-state index contributed by atoms with van der Waals surface area (Å²) in [5.41, 5.74) is 5.54. The number of aliphatic hydroxyl groups excluding tert-OH is 1. The van der Waals surface area contributed by atoms with Crippen LogP contribution in [0.3, 0.4) is 0 Å². The van der Waals surface area contributed by atoms with Crippen molar-refractivity contribution in [2.75, 3.05) is 33.7 Å². The number of β-amino-alcohol motifs (C(OH)–C–C–N with tert-alkyl or cyclic N) is 1. The fourth-order valence-electron chi connectivity index (χ4n) is 2.45. The van der Waals surface area contributed by atoms with Crippen molar-refractivity contribution >= 4 is 10.0 Å². The first kappa shape index (κ1) is 15.8. The molecular formula is C11H25N3O3S. The molecule has 0 aromatic rings. The second-order valence-corrected chi connectivity index (χ2v) is 7.35. The minimum Gasteiger partial charge on any atom is -0.392 e. The summed E-state index contributed by atoms with van der Waals surface area (Å²) in [4.78, 5) is 1.94. The third kappa shape index (κ3) is 3.42. The number of aliphatic hydroxyl groups is 1. The van der Waals surface area contributed by atoms with E-state index in [-0.39, 0.29) is 19.1 Å². The van der Waals surface area contributed by atoms with Gasteiger partial charge < -0.3 is 15.7 Å². The van der Waals surface area contributed by atoms with Crippen LogP contribution in [-0.2, 0) is 10.0 Å². The van der Waals surface area contributed by atoms with E-state index >= 15 is 0 Å². The molecule has 18 heavy (non-hydrogen) atoms. The van der Waals surface area contributed by atoms with E-state index < -0.39 is 21.4 Å². The van der Waals surface area contributed by atoms with Gasteiger partial charge in [0.25, 0.3) is 0 Å². The van der Waals surface area contributed by atoms with E-state index in [1.54, 1.807) is 0 Å². The maximum absolute atomic E-state index is 12.4. The summed E-state index contributed by atoms with van der Waals surface area (Å²) in [5.74, 6) is 0. The van der Waals surface area contributed by atoms with Gasteiger partial charge in [-0.2, -0.15) is 4.31 Å². The van der Waals surface area contributed by atoms with Gasteiger partial charge in [-0.15, -0.1) is 0 Å². The Morgan fingerprint density at radius 2 is 2.11 bits per heavy atom. The lowest BCUT2D eigenvalue weighted by molar-refractivity contribution is 0.188. The maximum Gasteiger partial charge on any atom is 0.218 e. The molecule has 0 radical (unpaired) electrons. The van der Waals surface area contributed by atoms with Gasteiger partial charge in [-0.25, -0.2) is 8.42 Å². The molecule has 0 spiro atoms. The van der Waals surface area contributed by atoms with Crippen molar-refractivity contribution in [3.05, 3.63) is 0 Å². The normalized spacial score (nSPS) is 27.9. The average molecular weight is 279 g/mol. The van der Waals surface area contributed by atoms with Gasteiger partial charge >= 0.3 is 0 Å². The Kier molecular flexibility index (Phi) is 5.54. The smallest absolute Gasteiger partial charge is 0.218 e. The second kappa shape index (κ2) is 6.29. The molecule has 3 N–H and O–H groups in total. The molecule has 1 saturated heterocycles. The summed E-state index contributed by atoms with van der Waals surface area (Å²) in [6, 6.07) is -0.152. The van der Waals surface area contributed by atoms with Gasteiger partial charge in [0.1, 0.15) is 0 Å². The molecule has 3 atom stereocenters.